The molecule has 176 valence electrons. The van der Waals surface area contributed by atoms with Crippen molar-refractivity contribution in [2.24, 2.45) is 0 Å². The van der Waals surface area contributed by atoms with E-state index in [1.165, 1.54) is 0 Å². The van der Waals surface area contributed by atoms with Crippen LogP contribution in [0.25, 0.3) is 11.0 Å². The van der Waals surface area contributed by atoms with Crippen LogP contribution in [0.5, 0.6) is 0 Å². The summed E-state index contributed by atoms with van der Waals surface area (Å²) < 4.78 is 5.57. The minimum absolute atomic E-state index is 0.0376. The lowest BCUT2D eigenvalue weighted by Crippen LogP contribution is -2.49. The van der Waals surface area contributed by atoms with E-state index in [1.54, 1.807) is 21.9 Å². The van der Waals surface area contributed by atoms with Crippen molar-refractivity contribution in [1.29, 1.82) is 0 Å². The molecule has 10 nitrogen and oxygen atoms in total. The van der Waals surface area contributed by atoms with Gasteiger partial charge in [0.2, 0.25) is 11.8 Å². The van der Waals surface area contributed by atoms with Crippen molar-refractivity contribution in [2.75, 3.05) is 31.5 Å². The molecule has 2 aliphatic rings. The van der Waals surface area contributed by atoms with Crippen LogP contribution in [0.15, 0.2) is 40.7 Å². The molecular formula is C23H29N5O5. The third-order valence-corrected chi connectivity index (χ3v) is 6.05. The van der Waals surface area contributed by atoms with E-state index in [1.807, 2.05) is 19.1 Å². The van der Waals surface area contributed by atoms with Crippen molar-refractivity contribution < 1.29 is 18.9 Å². The lowest BCUT2D eigenvalue weighted by atomic mass is 10.1. The van der Waals surface area contributed by atoms with Crippen molar-refractivity contribution in [3.63, 3.8) is 0 Å². The van der Waals surface area contributed by atoms with Gasteiger partial charge in [-0.25, -0.2) is 0 Å². The van der Waals surface area contributed by atoms with E-state index >= 15 is 0 Å². The molecule has 0 unspecified atom stereocenters. The summed E-state index contributed by atoms with van der Waals surface area (Å²) in [6.07, 6.45) is 4.91. The molecule has 0 bridgehead atoms. The topological polar surface area (TPSA) is 121 Å². The SMILES string of the molecule is Cc1cc2cc(NC(=C[N+](=O)[O-])N[C@H]3CCCCN(CC(=O)N4CCCC4)C3=O)ccc2o1. The number of nitrogens with one attached hydrogen (secondary N) is 2. The standard InChI is InChI=1S/C23H29N5O5/c1-16-12-17-13-18(7-8-20(17)33-16)24-21(14-28(31)32)25-19-6-2-3-11-27(23(19)30)15-22(29)26-9-4-5-10-26/h7-8,12-14,19,24-25H,2-6,9-11,15H2,1H3/t19-/m0/s1. The van der Waals surface area contributed by atoms with Gasteiger partial charge >= 0.3 is 0 Å². The fourth-order valence-electron chi connectivity index (χ4n) is 4.43. The number of nitrogens with zero attached hydrogens (tertiary/aromatic N) is 3. The van der Waals surface area contributed by atoms with Gasteiger partial charge in [-0.2, -0.15) is 0 Å². The van der Waals surface area contributed by atoms with E-state index < -0.39 is 11.0 Å². The van der Waals surface area contributed by atoms with E-state index in [-0.39, 0.29) is 24.2 Å². The zero-order valence-electron chi connectivity index (χ0n) is 18.7. The van der Waals surface area contributed by atoms with Gasteiger partial charge in [0.05, 0.1) is 11.5 Å². The minimum Gasteiger partial charge on any atom is -0.461 e. The Hall–Kier alpha value is -3.56. The molecule has 1 aromatic carbocycles. The van der Waals surface area contributed by atoms with Crippen molar-refractivity contribution in [3.8, 4) is 0 Å². The fourth-order valence-corrected chi connectivity index (χ4v) is 4.43. The maximum absolute atomic E-state index is 13.2. The van der Waals surface area contributed by atoms with Gasteiger partial charge in [0, 0.05) is 30.7 Å². The molecule has 1 atom stereocenters. The second-order valence-electron chi connectivity index (χ2n) is 8.60. The molecule has 0 aliphatic carbocycles. The van der Waals surface area contributed by atoms with Crippen LogP contribution in [0.2, 0.25) is 0 Å². The van der Waals surface area contributed by atoms with Gasteiger partial charge in [0.15, 0.2) is 5.82 Å². The van der Waals surface area contributed by atoms with Crippen molar-refractivity contribution >= 4 is 28.5 Å². The number of nitro groups is 1. The molecule has 0 radical (unpaired) electrons. The molecule has 2 aromatic rings. The second-order valence-corrected chi connectivity index (χ2v) is 8.60. The molecule has 2 fully saturated rings. The van der Waals surface area contributed by atoms with Crippen LogP contribution in [0.4, 0.5) is 5.69 Å². The third-order valence-electron chi connectivity index (χ3n) is 6.05. The summed E-state index contributed by atoms with van der Waals surface area (Å²) >= 11 is 0. The summed E-state index contributed by atoms with van der Waals surface area (Å²) in [5, 5.41) is 18.2. The number of furan rings is 1. The zero-order chi connectivity index (χ0) is 23.4. The van der Waals surface area contributed by atoms with Gasteiger partial charge in [-0.1, -0.05) is 0 Å². The second kappa shape index (κ2) is 9.93. The summed E-state index contributed by atoms with van der Waals surface area (Å²) in [5.74, 6) is 0.640. The lowest BCUT2D eigenvalue weighted by molar-refractivity contribution is -0.403. The van der Waals surface area contributed by atoms with Crippen LogP contribution >= 0.6 is 0 Å². The van der Waals surface area contributed by atoms with E-state index in [4.69, 9.17) is 4.42 Å². The van der Waals surface area contributed by atoms with Gasteiger partial charge in [-0.3, -0.25) is 19.7 Å². The summed E-state index contributed by atoms with van der Waals surface area (Å²) in [6, 6.07) is 6.61. The first kappa shape index (κ1) is 22.6. The number of anilines is 1. The number of aryl methyl sites for hydroxylation is 1. The molecular weight excluding hydrogens is 426 g/mol. The Balaban J connectivity index is 1.47. The number of likely N-dealkylation sites (tertiary alicyclic amines) is 2. The quantitative estimate of drug-likeness (QED) is 0.486. The summed E-state index contributed by atoms with van der Waals surface area (Å²) in [4.78, 5) is 39.9. The highest BCUT2D eigenvalue weighted by atomic mass is 16.6. The number of hydrogen-bond acceptors (Lipinski definition) is 7. The molecule has 3 heterocycles. The molecule has 2 amide bonds. The highest BCUT2D eigenvalue weighted by Crippen LogP contribution is 2.23. The number of amides is 2. The van der Waals surface area contributed by atoms with E-state index in [2.05, 4.69) is 10.6 Å². The summed E-state index contributed by atoms with van der Waals surface area (Å²) in [6.45, 7) is 3.89. The van der Waals surface area contributed by atoms with Crippen LogP contribution in [0.3, 0.4) is 0 Å². The number of fused-ring (bicyclic) bond motifs is 1. The smallest absolute Gasteiger partial charge is 0.274 e. The van der Waals surface area contributed by atoms with Crippen LogP contribution in [-0.4, -0.2) is 58.8 Å². The van der Waals surface area contributed by atoms with Gasteiger partial charge in [-0.15, -0.1) is 0 Å². The number of carbonyl (C=O) groups is 2. The lowest BCUT2D eigenvalue weighted by Gasteiger charge is -2.27. The normalized spacial score (nSPS) is 19.6. The monoisotopic (exact) mass is 455 g/mol. The summed E-state index contributed by atoms with van der Waals surface area (Å²) in [7, 11) is 0. The Bertz CT molecular complexity index is 1070. The molecule has 33 heavy (non-hydrogen) atoms. The average molecular weight is 456 g/mol. The number of carbonyl (C=O) groups excluding carboxylic acids is 2. The number of benzene rings is 1. The van der Waals surface area contributed by atoms with Gasteiger partial charge in [-0.05, 0) is 63.3 Å². The first-order valence-corrected chi connectivity index (χ1v) is 11.3. The Morgan fingerprint density at radius 1 is 1.21 bits per heavy atom. The van der Waals surface area contributed by atoms with Crippen molar-refractivity contribution in [2.45, 2.75) is 45.1 Å². The van der Waals surface area contributed by atoms with Crippen LogP contribution in [0.1, 0.15) is 37.9 Å². The average Bonchev–Trinajstić information content (AvgIpc) is 3.39. The minimum atomic E-state index is -0.655. The van der Waals surface area contributed by atoms with Gasteiger partial charge in [0.25, 0.3) is 6.20 Å². The maximum Gasteiger partial charge on any atom is 0.274 e. The van der Waals surface area contributed by atoms with Gasteiger partial charge in [0.1, 0.15) is 17.4 Å². The third kappa shape index (κ3) is 5.63. The number of rotatable bonds is 7. The zero-order valence-corrected chi connectivity index (χ0v) is 18.7. The molecule has 0 spiro atoms. The molecule has 2 aliphatic heterocycles. The Morgan fingerprint density at radius 3 is 2.73 bits per heavy atom. The maximum atomic E-state index is 13.2. The predicted molar refractivity (Wildman–Crippen MR) is 123 cm³/mol. The summed E-state index contributed by atoms with van der Waals surface area (Å²) in [5.41, 5.74) is 1.36. The fraction of sp³-hybridized carbons (Fsp3) is 0.478. The number of hydrogen-bond donors (Lipinski definition) is 2. The molecule has 2 N–H and O–H groups in total. The Kier molecular flexibility index (Phi) is 6.81. The molecule has 1 aromatic heterocycles. The Labute approximate surface area is 191 Å². The van der Waals surface area contributed by atoms with Crippen molar-refractivity contribution in [1.82, 2.24) is 15.1 Å². The largest absolute Gasteiger partial charge is 0.461 e. The first-order chi connectivity index (χ1) is 15.9. The predicted octanol–water partition coefficient (Wildman–Crippen LogP) is 2.82. The highest BCUT2D eigenvalue weighted by molar-refractivity contribution is 5.88. The van der Waals surface area contributed by atoms with E-state index in [0.717, 1.165) is 61.7 Å². The van der Waals surface area contributed by atoms with E-state index in [0.29, 0.717) is 18.7 Å². The van der Waals surface area contributed by atoms with Crippen LogP contribution < -0.4 is 10.6 Å². The molecule has 2 saturated heterocycles. The van der Waals surface area contributed by atoms with E-state index in [9.17, 15) is 19.7 Å². The molecule has 0 saturated carbocycles. The first-order valence-electron chi connectivity index (χ1n) is 11.3. The Morgan fingerprint density at radius 2 is 1.97 bits per heavy atom. The highest BCUT2D eigenvalue weighted by Gasteiger charge is 2.30. The molecule has 4 rings (SSSR count). The van der Waals surface area contributed by atoms with Crippen LogP contribution in [0, 0.1) is 17.0 Å². The van der Waals surface area contributed by atoms with Crippen molar-refractivity contribution in [3.05, 3.63) is 52.2 Å². The van der Waals surface area contributed by atoms with Crippen LogP contribution in [-0.2, 0) is 9.59 Å². The van der Waals surface area contributed by atoms with Gasteiger partial charge < -0.3 is 24.9 Å². The molecule has 10 heteroatoms.